The Morgan fingerprint density at radius 2 is 2.04 bits per heavy atom. The van der Waals surface area contributed by atoms with E-state index in [4.69, 9.17) is 9.47 Å². The van der Waals surface area contributed by atoms with Gasteiger partial charge in [0.05, 0.1) is 6.04 Å². The Labute approximate surface area is 133 Å². The molecule has 23 heavy (non-hydrogen) atoms. The number of amides is 1. The van der Waals surface area contributed by atoms with Crippen molar-refractivity contribution in [2.45, 2.75) is 31.3 Å². The smallest absolute Gasteiger partial charge is 0.233 e. The molecule has 2 heterocycles. The Morgan fingerprint density at radius 1 is 1.26 bits per heavy atom. The van der Waals surface area contributed by atoms with Crippen LogP contribution < -0.4 is 9.47 Å². The number of carbonyl (C=O) groups excluding carboxylic acids is 1. The molecule has 7 heteroatoms. The predicted molar refractivity (Wildman–Crippen MR) is 80.0 cm³/mol. The molecule has 3 aliphatic rings. The van der Waals surface area contributed by atoms with Crippen molar-refractivity contribution in [1.82, 2.24) is 4.90 Å². The molecular formula is C16H18N2O5. The number of benzene rings is 1. The third kappa shape index (κ3) is 2.50. The molecule has 0 radical (unpaired) electrons. The quantitative estimate of drug-likeness (QED) is 0.627. The minimum absolute atomic E-state index is 0.0219. The van der Waals surface area contributed by atoms with Crippen molar-refractivity contribution >= 4 is 5.91 Å². The van der Waals surface area contributed by atoms with Crippen LogP contribution in [-0.2, 0) is 4.79 Å². The van der Waals surface area contributed by atoms with Gasteiger partial charge in [-0.3, -0.25) is 14.9 Å². The van der Waals surface area contributed by atoms with Gasteiger partial charge in [0.25, 0.3) is 0 Å². The molecule has 1 amide bonds. The molecule has 7 nitrogen and oxygen atoms in total. The van der Waals surface area contributed by atoms with Gasteiger partial charge < -0.3 is 14.4 Å². The lowest BCUT2D eigenvalue weighted by atomic mass is 10.0. The normalized spacial score (nSPS) is 28.5. The monoisotopic (exact) mass is 318 g/mol. The molecule has 3 unspecified atom stereocenters. The van der Waals surface area contributed by atoms with E-state index in [0.29, 0.717) is 31.9 Å². The molecule has 3 atom stereocenters. The van der Waals surface area contributed by atoms with Gasteiger partial charge in [0, 0.05) is 17.9 Å². The van der Waals surface area contributed by atoms with Gasteiger partial charge in [-0.1, -0.05) is 6.07 Å². The fraction of sp³-hybridized carbons (Fsp3) is 0.562. The van der Waals surface area contributed by atoms with Crippen LogP contribution in [-0.4, -0.2) is 41.5 Å². The van der Waals surface area contributed by atoms with Crippen molar-refractivity contribution < 1.29 is 19.2 Å². The number of rotatable bonds is 3. The third-order valence-corrected chi connectivity index (χ3v) is 4.83. The van der Waals surface area contributed by atoms with E-state index >= 15 is 0 Å². The van der Waals surface area contributed by atoms with Crippen molar-refractivity contribution in [3.05, 3.63) is 33.9 Å². The van der Waals surface area contributed by atoms with Gasteiger partial charge in [-0.25, -0.2) is 0 Å². The van der Waals surface area contributed by atoms with E-state index < -0.39 is 12.0 Å². The molecule has 2 aliphatic heterocycles. The highest BCUT2D eigenvalue weighted by Crippen LogP contribution is 2.42. The molecule has 2 fully saturated rings. The minimum Gasteiger partial charge on any atom is -0.486 e. The summed E-state index contributed by atoms with van der Waals surface area (Å²) in [4.78, 5) is 24.8. The highest BCUT2D eigenvalue weighted by Gasteiger charge is 2.55. The summed E-state index contributed by atoms with van der Waals surface area (Å²) in [5.74, 6) is 0.918. The van der Waals surface area contributed by atoms with Gasteiger partial charge in [-0.15, -0.1) is 0 Å². The van der Waals surface area contributed by atoms with Crippen LogP contribution in [0.3, 0.4) is 0 Å². The van der Waals surface area contributed by atoms with Crippen LogP contribution in [0.25, 0.3) is 0 Å². The first-order valence-corrected chi connectivity index (χ1v) is 7.98. The number of nitro groups is 1. The standard InChI is InChI=1S/C16H18N2O5/c19-16(11-9-13(11)18(20)21)17-5-1-2-12(17)10-3-4-14-15(8-10)23-7-6-22-14/h3-4,8,11-13H,1-2,5-7,9H2. The maximum Gasteiger partial charge on any atom is 0.233 e. The fourth-order valence-corrected chi connectivity index (χ4v) is 3.54. The molecule has 1 saturated heterocycles. The lowest BCUT2D eigenvalue weighted by Gasteiger charge is -2.26. The third-order valence-electron chi connectivity index (χ3n) is 4.83. The number of hydrogen-bond acceptors (Lipinski definition) is 5. The molecule has 1 aliphatic carbocycles. The van der Waals surface area contributed by atoms with Crippen LogP contribution in [0.2, 0.25) is 0 Å². The van der Waals surface area contributed by atoms with Gasteiger partial charge in [0.2, 0.25) is 11.9 Å². The van der Waals surface area contributed by atoms with E-state index in [0.717, 1.165) is 24.2 Å². The second-order valence-corrected chi connectivity index (χ2v) is 6.29. The number of fused-ring (bicyclic) bond motifs is 1. The molecular weight excluding hydrogens is 300 g/mol. The van der Waals surface area contributed by atoms with Gasteiger partial charge >= 0.3 is 0 Å². The lowest BCUT2D eigenvalue weighted by molar-refractivity contribution is -0.497. The van der Waals surface area contributed by atoms with E-state index in [1.165, 1.54) is 0 Å². The SMILES string of the molecule is O=C(C1CC1[N+](=O)[O-])N1CCCC1c1ccc2c(c1)OCCO2. The summed E-state index contributed by atoms with van der Waals surface area (Å²) < 4.78 is 11.1. The number of likely N-dealkylation sites (tertiary alicyclic amines) is 1. The van der Waals surface area contributed by atoms with Crippen LogP contribution in [0.1, 0.15) is 30.9 Å². The topological polar surface area (TPSA) is 81.9 Å². The Morgan fingerprint density at radius 3 is 2.78 bits per heavy atom. The molecule has 122 valence electrons. The van der Waals surface area contributed by atoms with Gasteiger partial charge in [0.1, 0.15) is 19.1 Å². The first kappa shape index (κ1) is 14.3. The average molecular weight is 318 g/mol. The van der Waals surface area contributed by atoms with Gasteiger partial charge in [0.15, 0.2) is 11.5 Å². The average Bonchev–Trinajstić information content (AvgIpc) is 3.23. The van der Waals surface area contributed by atoms with E-state index in [1.54, 1.807) is 4.90 Å². The number of carbonyl (C=O) groups is 1. The zero-order valence-electron chi connectivity index (χ0n) is 12.6. The van der Waals surface area contributed by atoms with Gasteiger partial charge in [-0.2, -0.15) is 0 Å². The highest BCUT2D eigenvalue weighted by molar-refractivity contribution is 5.83. The second kappa shape index (κ2) is 5.40. The van der Waals surface area contributed by atoms with Crippen molar-refractivity contribution in [3.63, 3.8) is 0 Å². The zero-order valence-corrected chi connectivity index (χ0v) is 12.6. The Balaban J connectivity index is 1.54. The van der Waals surface area contributed by atoms with Crippen LogP contribution in [0.4, 0.5) is 0 Å². The molecule has 0 bridgehead atoms. The van der Waals surface area contributed by atoms with Crippen LogP contribution in [0.5, 0.6) is 11.5 Å². The molecule has 0 spiro atoms. The first-order chi connectivity index (χ1) is 11.1. The number of ether oxygens (including phenoxy) is 2. The molecule has 1 aromatic rings. The molecule has 1 saturated carbocycles. The molecule has 0 aromatic heterocycles. The summed E-state index contributed by atoms with van der Waals surface area (Å²) in [6.07, 6.45) is 2.16. The van der Waals surface area contributed by atoms with E-state index in [-0.39, 0.29) is 16.9 Å². The van der Waals surface area contributed by atoms with Crippen LogP contribution >= 0.6 is 0 Å². The van der Waals surface area contributed by atoms with Crippen LogP contribution in [0, 0.1) is 16.0 Å². The first-order valence-electron chi connectivity index (χ1n) is 7.98. The van der Waals surface area contributed by atoms with E-state index in [9.17, 15) is 14.9 Å². The summed E-state index contributed by atoms with van der Waals surface area (Å²) in [6, 6.07) is 5.06. The Bertz CT molecular complexity index is 662. The summed E-state index contributed by atoms with van der Waals surface area (Å²) in [5.41, 5.74) is 1.01. The van der Waals surface area contributed by atoms with E-state index in [1.807, 2.05) is 18.2 Å². The summed E-state index contributed by atoms with van der Waals surface area (Å²) in [5, 5.41) is 10.8. The van der Waals surface area contributed by atoms with Crippen LogP contribution in [0.15, 0.2) is 18.2 Å². The van der Waals surface area contributed by atoms with Crippen molar-refractivity contribution in [1.29, 1.82) is 0 Å². The molecule has 0 N–H and O–H groups in total. The summed E-state index contributed by atoms with van der Waals surface area (Å²) in [7, 11) is 0. The fourth-order valence-electron chi connectivity index (χ4n) is 3.54. The lowest BCUT2D eigenvalue weighted by Crippen LogP contribution is -2.33. The van der Waals surface area contributed by atoms with Crippen molar-refractivity contribution in [2.75, 3.05) is 19.8 Å². The largest absolute Gasteiger partial charge is 0.486 e. The minimum atomic E-state index is -0.691. The summed E-state index contributed by atoms with van der Waals surface area (Å²) >= 11 is 0. The van der Waals surface area contributed by atoms with Gasteiger partial charge in [-0.05, 0) is 30.5 Å². The predicted octanol–water partition coefficient (Wildman–Crippen LogP) is 1.79. The second-order valence-electron chi connectivity index (χ2n) is 6.29. The van der Waals surface area contributed by atoms with Crippen molar-refractivity contribution in [3.8, 4) is 11.5 Å². The Kier molecular flexibility index (Phi) is 3.36. The highest BCUT2D eigenvalue weighted by atomic mass is 16.6. The zero-order chi connectivity index (χ0) is 16.0. The molecule has 1 aromatic carbocycles. The Hall–Kier alpha value is -2.31. The summed E-state index contributed by atoms with van der Waals surface area (Å²) in [6.45, 7) is 1.74. The number of hydrogen-bond donors (Lipinski definition) is 0. The number of nitrogens with zero attached hydrogens (tertiary/aromatic N) is 2. The van der Waals surface area contributed by atoms with Crippen molar-refractivity contribution in [2.24, 2.45) is 5.92 Å². The molecule has 4 rings (SSSR count). The van der Waals surface area contributed by atoms with E-state index in [2.05, 4.69) is 0 Å². The maximum atomic E-state index is 12.6. The maximum absolute atomic E-state index is 12.6.